The number of hydrogen-bond acceptors (Lipinski definition) is 6. The highest BCUT2D eigenvalue weighted by molar-refractivity contribution is 7.14. The number of rotatable bonds is 5. The first-order chi connectivity index (χ1) is 13.5. The Hall–Kier alpha value is -2.87. The third-order valence-electron chi connectivity index (χ3n) is 3.89. The number of nitro groups is 1. The molecule has 0 saturated heterocycles. The summed E-state index contributed by atoms with van der Waals surface area (Å²) >= 11 is 13.5. The van der Waals surface area contributed by atoms with E-state index in [-0.39, 0.29) is 10.7 Å². The SMILES string of the molecule is O=[N+]([O-])c1ccc(-c2ccc(-c3csc(Nc4ccc(Cl)cc4)n3)o2)c(Cl)c1. The maximum atomic E-state index is 10.8. The first kappa shape index (κ1) is 18.5. The molecule has 6 nitrogen and oxygen atoms in total. The number of nitro benzene ring substituents is 1. The molecular weight excluding hydrogens is 421 g/mol. The molecule has 0 unspecified atom stereocenters. The van der Waals surface area contributed by atoms with E-state index in [2.05, 4.69) is 10.3 Å². The van der Waals surface area contributed by atoms with Crippen LogP contribution in [0.15, 0.2) is 64.4 Å². The quantitative estimate of drug-likeness (QED) is 0.271. The normalized spacial score (nSPS) is 10.8. The van der Waals surface area contributed by atoms with E-state index in [4.69, 9.17) is 27.6 Å². The molecule has 1 N–H and O–H groups in total. The standard InChI is InChI=1S/C19H11Cl2N3O3S/c20-11-1-3-12(4-2-11)22-19-23-16(10-28-19)18-8-7-17(27-18)14-6-5-13(24(25)26)9-15(14)21/h1-10H,(H,22,23). The fourth-order valence-corrected chi connectivity index (χ4v) is 3.65. The van der Waals surface area contributed by atoms with Crippen LogP contribution in [0.2, 0.25) is 10.0 Å². The number of anilines is 2. The van der Waals surface area contributed by atoms with Gasteiger partial charge in [0.2, 0.25) is 0 Å². The number of nitrogens with one attached hydrogen (secondary N) is 1. The number of aromatic nitrogens is 1. The third-order valence-corrected chi connectivity index (χ3v) is 5.21. The summed E-state index contributed by atoms with van der Waals surface area (Å²) in [6.45, 7) is 0. The van der Waals surface area contributed by atoms with Crippen molar-refractivity contribution in [1.82, 2.24) is 4.98 Å². The van der Waals surface area contributed by atoms with Gasteiger partial charge < -0.3 is 9.73 Å². The molecule has 0 amide bonds. The van der Waals surface area contributed by atoms with Crippen LogP contribution >= 0.6 is 34.5 Å². The average Bonchev–Trinajstić information content (AvgIpc) is 3.33. The zero-order valence-electron chi connectivity index (χ0n) is 14.1. The molecule has 0 aliphatic heterocycles. The number of halogens is 2. The first-order valence-corrected chi connectivity index (χ1v) is 9.66. The van der Waals surface area contributed by atoms with Gasteiger partial charge in [-0.2, -0.15) is 0 Å². The molecule has 0 bridgehead atoms. The van der Waals surface area contributed by atoms with Crippen LogP contribution < -0.4 is 5.32 Å². The van der Waals surface area contributed by atoms with Gasteiger partial charge in [-0.15, -0.1) is 11.3 Å². The summed E-state index contributed by atoms with van der Waals surface area (Å²) in [5.74, 6) is 1.08. The molecule has 0 radical (unpaired) electrons. The van der Waals surface area contributed by atoms with E-state index in [1.807, 2.05) is 17.5 Å². The van der Waals surface area contributed by atoms with Crippen LogP contribution in [0.5, 0.6) is 0 Å². The van der Waals surface area contributed by atoms with Crippen molar-refractivity contribution in [3.05, 3.63) is 80.1 Å². The molecule has 0 saturated carbocycles. The lowest BCUT2D eigenvalue weighted by molar-refractivity contribution is -0.384. The predicted octanol–water partition coefficient (Wildman–Crippen LogP) is 7.03. The van der Waals surface area contributed by atoms with Crippen LogP contribution in [0.25, 0.3) is 22.8 Å². The molecule has 0 aliphatic carbocycles. The Morgan fingerprint density at radius 2 is 1.79 bits per heavy atom. The Balaban J connectivity index is 1.56. The molecule has 4 aromatic rings. The second-order valence-corrected chi connectivity index (χ2v) is 7.46. The number of non-ortho nitro benzene ring substituents is 1. The average molecular weight is 432 g/mol. The van der Waals surface area contributed by atoms with Gasteiger partial charge in [0.15, 0.2) is 10.9 Å². The van der Waals surface area contributed by atoms with Gasteiger partial charge in [0, 0.05) is 33.8 Å². The highest BCUT2D eigenvalue weighted by atomic mass is 35.5. The molecule has 28 heavy (non-hydrogen) atoms. The van der Waals surface area contributed by atoms with Crippen molar-refractivity contribution < 1.29 is 9.34 Å². The van der Waals surface area contributed by atoms with E-state index in [0.29, 0.717) is 32.9 Å². The van der Waals surface area contributed by atoms with Crippen molar-refractivity contribution in [1.29, 1.82) is 0 Å². The van der Waals surface area contributed by atoms with Crippen LogP contribution in [0.3, 0.4) is 0 Å². The predicted molar refractivity (Wildman–Crippen MR) is 112 cm³/mol. The van der Waals surface area contributed by atoms with Crippen molar-refractivity contribution in [2.75, 3.05) is 5.32 Å². The second kappa shape index (κ2) is 7.63. The van der Waals surface area contributed by atoms with Gasteiger partial charge >= 0.3 is 0 Å². The summed E-state index contributed by atoms with van der Waals surface area (Å²) in [5.41, 5.74) is 2.06. The van der Waals surface area contributed by atoms with E-state index < -0.39 is 4.92 Å². The van der Waals surface area contributed by atoms with Crippen molar-refractivity contribution in [3.8, 4) is 22.8 Å². The van der Waals surface area contributed by atoms with E-state index >= 15 is 0 Å². The fourth-order valence-electron chi connectivity index (χ4n) is 2.54. The van der Waals surface area contributed by atoms with Crippen LogP contribution in [-0.4, -0.2) is 9.91 Å². The van der Waals surface area contributed by atoms with Crippen molar-refractivity contribution in [3.63, 3.8) is 0 Å². The van der Waals surface area contributed by atoms with Crippen LogP contribution in [0.1, 0.15) is 0 Å². The summed E-state index contributed by atoms with van der Waals surface area (Å²) in [6.07, 6.45) is 0. The van der Waals surface area contributed by atoms with Crippen LogP contribution in [-0.2, 0) is 0 Å². The minimum Gasteiger partial charge on any atom is -0.454 e. The van der Waals surface area contributed by atoms with Gasteiger partial charge in [-0.25, -0.2) is 4.98 Å². The lowest BCUT2D eigenvalue weighted by atomic mass is 10.1. The summed E-state index contributed by atoms with van der Waals surface area (Å²) in [7, 11) is 0. The minimum atomic E-state index is -0.492. The minimum absolute atomic E-state index is 0.0713. The second-order valence-electron chi connectivity index (χ2n) is 5.75. The van der Waals surface area contributed by atoms with Crippen LogP contribution in [0.4, 0.5) is 16.5 Å². The van der Waals surface area contributed by atoms with Gasteiger partial charge in [0.1, 0.15) is 11.5 Å². The van der Waals surface area contributed by atoms with E-state index in [0.717, 1.165) is 5.69 Å². The molecule has 140 valence electrons. The summed E-state index contributed by atoms with van der Waals surface area (Å²) < 4.78 is 5.86. The van der Waals surface area contributed by atoms with Gasteiger partial charge in [0.25, 0.3) is 5.69 Å². The Morgan fingerprint density at radius 3 is 2.50 bits per heavy atom. The molecular formula is C19H11Cl2N3O3S. The zero-order chi connectivity index (χ0) is 19.7. The molecule has 0 spiro atoms. The molecule has 9 heteroatoms. The molecule has 0 fully saturated rings. The summed E-state index contributed by atoms with van der Waals surface area (Å²) in [5, 5.41) is 17.6. The zero-order valence-corrected chi connectivity index (χ0v) is 16.4. The molecule has 2 heterocycles. The first-order valence-electron chi connectivity index (χ1n) is 8.02. The van der Waals surface area contributed by atoms with Gasteiger partial charge in [0.05, 0.1) is 9.95 Å². The van der Waals surface area contributed by atoms with Crippen LogP contribution in [0, 0.1) is 10.1 Å². The monoisotopic (exact) mass is 431 g/mol. The van der Waals surface area contributed by atoms with Gasteiger partial charge in [-0.05, 0) is 42.5 Å². The third kappa shape index (κ3) is 3.87. The van der Waals surface area contributed by atoms with Crippen molar-refractivity contribution in [2.45, 2.75) is 0 Å². The maximum Gasteiger partial charge on any atom is 0.270 e. The molecule has 4 rings (SSSR count). The molecule has 2 aromatic carbocycles. The Bertz CT molecular complexity index is 1160. The van der Waals surface area contributed by atoms with Crippen molar-refractivity contribution >= 4 is 51.0 Å². The lowest BCUT2D eigenvalue weighted by Gasteiger charge is -2.02. The van der Waals surface area contributed by atoms with Gasteiger partial charge in [-0.1, -0.05) is 23.2 Å². The number of nitrogens with zero attached hydrogens (tertiary/aromatic N) is 2. The Morgan fingerprint density at radius 1 is 1.04 bits per heavy atom. The topological polar surface area (TPSA) is 81.2 Å². The largest absolute Gasteiger partial charge is 0.454 e. The number of furan rings is 1. The Labute approximate surface area is 173 Å². The van der Waals surface area contributed by atoms with E-state index in [1.165, 1.54) is 23.5 Å². The number of benzene rings is 2. The van der Waals surface area contributed by atoms with E-state index in [1.54, 1.807) is 30.3 Å². The summed E-state index contributed by atoms with van der Waals surface area (Å²) in [4.78, 5) is 14.9. The maximum absolute atomic E-state index is 10.8. The summed E-state index contributed by atoms with van der Waals surface area (Å²) in [6, 6.07) is 15.1. The van der Waals surface area contributed by atoms with Crippen molar-refractivity contribution in [2.24, 2.45) is 0 Å². The fraction of sp³-hybridized carbons (Fsp3) is 0. The van der Waals surface area contributed by atoms with Gasteiger partial charge in [-0.3, -0.25) is 10.1 Å². The highest BCUT2D eigenvalue weighted by Gasteiger charge is 2.15. The molecule has 0 atom stereocenters. The lowest BCUT2D eigenvalue weighted by Crippen LogP contribution is -1.88. The number of thiazole rings is 1. The molecule has 2 aromatic heterocycles. The molecule has 0 aliphatic rings. The highest BCUT2D eigenvalue weighted by Crippen LogP contribution is 2.35. The van der Waals surface area contributed by atoms with E-state index in [9.17, 15) is 10.1 Å². The smallest absolute Gasteiger partial charge is 0.270 e. The Kier molecular flexibility index (Phi) is 5.04. The number of hydrogen-bond donors (Lipinski definition) is 1.